The van der Waals surface area contributed by atoms with Crippen LogP contribution in [0, 0.1) is 0 Å². The molecule has 19 heavy (non-hydrogen) atoms. The number of nitrogens with one attached hydrogen (secondary N) is 1. The van der Waals surface area contributed by atoms with Crippen LogP contribution < -0.4 is 10.1 Å². The summed E-state index contributed by atoms with van der Waals surface area (Å²) in [5.74, 6) is 0.692. The predicted molar refractivity (Wildman–Crippen MR) is 77.7 cm³/mol. The summed E-state index contributed by atoms with van der Waals surface area (Å²) < 4.78 is 5.66. The normalized spacial score (nSPS) is 10.5. The van der Waals surface area contributed by atoms with Gasteiger partial charge in [-0.3, -0.25) is 4.79 Å². The first-order valence-electron chi connectivity index (χ1n) is 6.21. The van der Waals surface area contributed by atoms with Crippen molar-refractivity contribution >= 4 is 17.2 Å². The zero-order chi connectivity index (χ0) is 13.7. The third-order valence-corrected chi connectivity index (χ3v) is 3.37. The van der Waals surface area contributed by atoms with Crippen LogP contribution in [-0.4, -0.2) is 11.9 Å². The highest BCUT2D eigenvalue weighted by atomic mass is 32.1. The fourth-order valence-corrected chi connectivity index (χ4v) is 2.32. The molecule has 0 saturated carbocycles. The Morgan fingerprint density at radius 1 is 1.32 bits per heavy atom. The number of benzene rings is 1. The van der Waals surface area contributed by atoms with Gasteiger partial charge in [-0.2, -0.15) is 0 Å². The molecule has 0 bridgehead atoms. The van der Waals surface area contributed by atoms with Gasteiger partial charge in [0.2, 0.25) is 0 Å². The number of thiophene rings is 1. The molecule has 0 spiro atoms. The molecule has 0 unspecified atom stereocenters. The van der Waals surface area contributed by atoms with Crippen LogP contribution in [0.4, 0.5) is 0 Å². The van der Waals surface area contributed by atoms with Crippen molar-refractivity contribution in [3.8, 4) is 5.75 Å². The molecule has 1 N–H and O–H groups in total. The van der Waals surface area contributed by atoms with Crippen LogP contribution in [0.1, 0.15) is 29.1 Å². The second-order valence-corrected chi connectivity index (χ2v) is 5.46. The lowest BCUT2D eigenvalue weighted by molar-refractivity contribution is 0.0947. The van der Waals surface area contributed by atoms with Crippen molar-refractivity contribution < 1.29 is 9.53 Å². The van der Waals surface area contributed by atoms with Gasteiger partial charge in [-0.25, -0.2) is 0 Å². The van der Waals surface area contributed by atoms with E-state index in [0.29, 0.717) is 11.5 Å². The standard InChI is InChI=1S/C15H17NO2S/c1-11(2)16-15(17)14-8-13(10-19-14)18-9-12-6-4-3-5-7-12/h3-8,10-11H,9H2,1-2H3,(H,16,17). The molecular formula is C15H17NO2S. The third-order valence-electron chi connectivity index (χ3n) is 2.47. The van der Waals surface area contributed by atoms with Crippen molar-refractivity contribution in [2.75, 3.05) is 0 Å². The lowest BCUT2D eigenvalue weighted by atomic mass is 10.2. The predicted octanol–water partition coefficient (Wildman–Crippen LogP) is 3.47. The number of rotatable bonds is 5. The summed E-state index contributed by atoms with van der Waals surface area (Å²) in [6.45, 7) is 4.40. The van der Waals surface area contributed by atoms with E-state index in [-0.39, 0.29) is 11.9 Å². The number of ether oxygens (including phenoxy) is 1. The molecule has 1 amide bonds. The number of carbonyl (C=O) groups excluding carboxylic acids is 1. The largest absolute Gasteiger partial charge is 0.488 e. The van der Waals surface area contributed by atoms with Crippen LogP contribution in [0.3, 0.4) is 0 Å². The molecule has 1 aromatic heterocycles. The molecule has 4 heteroatoms. The van der Waals surface area contributed by atoms with Crippen molar-refractivity contribution in [3.63, 3.8) is 0 Å². The maximum Gasteiger partial charge on any atom is 0.261 e. The number of hydrogen-bond donors (Lipinski definition) is 1. The van der Waals surface area contributed by atoms with Gasteiger partial charge in [-0.1, -0.05) is 30.3 Å². The first-order valence-corrected chi connectivity index (χ1v) is 7.09. The van der Waals surface area contributed by atoms with Gasteiger partial charge in [0.05, 0.1) is 4.88 Å². The summed E-state index contributed by atoms with van der Waals surface area (Å²) in [5, 5.41) is 4.72. The van der Waals surface area contributed by atoms with Crippen molar-refractivity contribution in [1.82, 2.24) is 5.32 Å². The third kappa shape index (κ3) is 4.10. The van der Waals surface area contributed by atoms with Crippen LogP contribution in [-0.2, 0) is 6.61 Å². The van der Waals surface area contributed by atoms with E-state index in [9.17, 15) is 4.79 Å². The van der Waals surface area contributed by atoms with E-state index in [1.165, 1.54) is 11.3 Å². The second-order valence-electron chi connectivity index (χ2n) is 4.55. The zero-order valence-electron chi connectivity index (χ0n) is 11.1. The summed E-state index contributed by atoms with van der Waals surface area (Å²) in [4.78, 5) is 12.5. The molecule has 0 aliphatic rings. The Hall–Kier alpha value is -1.81. The number of amides is 1. The van der Waals surface area contributed by atoms with E-state index in [4.69, 9.17) is 4.74 Å². The van der Waals surface area contributed by atoms with Crippen LogP contribution in [0.15, 0.2) is 41.8 Å². The minimum atomic E-state index is -0.0467. The Bertz CT molecular complexity index is 534. The van der Waals surface area contributed by atoms with Gasteiger partial charge in [0.1, 0.15) is 12.4 Å². The highest BCUT2D eigenvalue weighted by Gasteiger charge is 2.10. The van der Waals surface area contributed by atoms with Crippen LogP contribution >= 0.6 is 11.3 Å². The summed E-state index contributed by atoms with van der Waals surface area (Å²) >= 11 is 1.40. The Kier molecular flexibility index (Phi) is 4.58. The minimum Gasteiger partial charge on any atom is -0.488 e. The van der Waals surface area contributed by atoms with Crippen molar-refractivity contribution in [2.24, 2.45) is 0 Å². The molecule has 0 aliphatic heterocycles. The van der Waals surface area contributed by atoms with Crippen LogP contribution in [0.2, 0.25) is 0 Å². The van der Waals surface area contributed by atoms with Crippen molar-refractivity contribution in [1.29, 1.82) is 0 Å². The molecule has 0 fully saturated rings. The first-order chi connectivity index (χ1) is 9.15. The average molecular weight is 275 g/mol. The molecule has 0 aliphatic carbocycles. The SMILES string of the molecule is CC(C)NC(=O)c1cc(OCc2ccccc2)cs1. The van der Waals surface area contributed by atoms with E-state index in [1.54, 1.807) is 6.07 Å². The van der Waals surface area contributed by atoms with Gasteiger partial charge in [0, 0.05) is 17.5 Å². The topological polar surface area (TPSA) is 38.3 Å². The Morgan fingerprint density at radius 3 is 2.74 bits per heavy atom. The summed E-state index contributed by atoms with van der Waals surface area (Å²) in [5.41, 5.74) is 1.11. The quantitative estimate of drug-likeness (QED) is 0.907. The molecular weight excluding hydrogens is 258 g/mol. The van der Waals surface area contributed by atoms with E-state index in [1.807, 2.05) is 49.6 Å². The molecule has 100 valence electrons. The molecule has 2 rings (SSSR count). The van der Waals surface area contributed by atoms with Crippen molar-refractivity contribution in [3.05, 3.63) is 52.2 Å². The maximum atomic E-state index is 11.8. The average Bonchev–Trinajstić information content (AvgIpc) is 2.86. The second kappa shape index (κ2) is 6.38. The number of hydrogen-bond acceptors (Lipinski definition) is 3. The van der Waals surface area contributed by atoms with Crippen LogP contribution in [0.25, 0.3) is 0 Å². The van der Waals surface area contributed by atoms with Crippen LogP contribution in [0.5, 0.6) is 5.75 Å². The molecule has 0 radical (unpaired) electrons. The fraction of sp³-hybridized carbons (Fsp3) is 0.267. The number of carbonyl (C=O) groups is 1. The van der Waals surface area contributed by atoms with Gasteiger partial charge in [0.25, 0.3) is 5.91 Å². The van der Waals surface area contributed by atoms with Crippen molar-refractivity contribution in [2.45, 2.75) is 26.5 Å². The Morgan fingerprint density at radius 2 is 2.05 bits per heavy atom. The van der Waals surface area contributed by atoms with Gasteiger partial charge in [0.15, 0.2) is 0 Å². The lowest BCUT2D eigenvalue weighted by Crippen LogP contribution is -2.29. The van der Waals surface area contributed by atoms with E-state index >= 15 is 0 Å². The maximum absolute atomic E-state index is 11.8. The highest BCUT2D eigenvalue weighted by Crippen LogP contribution is 2.22. The molecule has 1 aromatic carbocycles. The summed E-state index contributed by atoms with van der Waals surface area (Å²) in [6, 6.07) is 11.9. The van der Waals surface area contributed by atoms with Gasteiger partial charge >= 0.3 is 0 Å². The first kappa shape index (κ1) is 13.6. The lowest BCUT2D eigenvalue weighted by Gasteiger charge is -2.06. The smallest absolute Gasteiger partial charge is 0.261 e. The van der Waals surface area contributed by atoms with Gasteiger partial charge in [-0.15, -0.1) is 11.3 Å². The van der Waals surface area contributed by atoms with Gasteiger partial charge in [-0.05, 0) is 19.4 Å². The molecule has 2 aromatic rings. The molecule has 1 heterocycles. The highest BCUT2D eigenvalue weighted by molar-refractivity contribution is 7.12. The molecule has 3 nitrogen and oxygen atoms in total. The Balaban J connectivity index is 1.92. The fourth-order valence-electron chi connectivity index (χ4n) is 1.59. The summed E-state index contributed by atoms with van der Waals surface area (Å²) in [6.07, 6.45) is 0. The van der Waals surface area contributed by atoms with Gasteiger partial charge < -0.3 is 10.1 Å². The summed E-state index contributed by atoms with van der Waals surface area (Å²) in [7, 11) is 0. The van der Waals surface area contributed by atoms with E-state index in [0.717, 1.165) is 11.3 Å². The zero-order valence-corrected chi connectivity index (χ0v) is 11.9. The van der Waals surface area contributed by atoms with E-state index < -0.39 is 0 Å². The monoisotopic (exact) mass is 275 g/mol. The minimum absolute atomic E-state index is 0.0467. The van der Waals surface area contributed by atoms with E-state index in [2.05, 4.69) is 5.32 Å². The molecule has 0 atom stereocenters. The Labute approximate surface area is 117 Å². The molecule has 0 saturated heterocycles.